The van der Waals surface area contributed by atoms with Gasteiger partial charge in [-0.3, -0.25) is 4.21 Å². The minimum Gasteiger partial charge on any atom is -0.311 e. The lowest BCUT2D eigenvalue weighted by atomic mass is 10.0. The zero-order valence-electron chi connectivity index (χ0n) is 13.5. The van der Waals surface area contributed by atoms with E-state index in [0.717, 1.165) is 12.2 Å². The second-order valence-electron chi connectivity index (χ2n) is 5.82. The van der Waals surface area contributed by atoms with E-state index in [2.05, 4.69) is 26.1 Å². The van der Waals surface area contributed by atoms with Crippen LogP contribution in [0, 0.1) is 0 Å². The average Bonchev–Trinajstić information content (AvgIpc) is 2.36. The van der Waals surface area contributed by atoms with Crippen molar-refractivity contribution in [3.63, 3.8) is 0 Å². The second kappa shape index (κ2) is 13.1. The van der Waals surface area contributed by atoms with Gasteiger partial charge in [0, 0.05) is 34.9 Å². The van der Waals surface area contributed by atoms with E-state index < -0.39 is 10.8 Å². The number of nitrogens with one attached hydrogen (secondary N) is 1. The number of hydrogen-bond acceptors (Lipinski definition) is 2. The molecule has 2 nitrogen and oxygen atoms in total. The monoisotopic (exact) mass is 289 g/mol. The summed E-state index contributed by atoms with van der Waals surface area (Å²) in [7, 11) is -0.655. The van der Waals surface area contributed by atoms with Gasteiger partial charge in [0.25, 0.3) is 0 Å². The predicted octanol–water partition coefficient (Wildman–Crippen LogP) is 4.26. The molecule has 2 atom stereocenters. The Balaban J connectivity index is 3.95. The van der Waals surface area contributed by atoms with Crippen molar-refractivity contribution in [1.82, 2.24) is 5.32 Å². The topological polar surface area (TPSA) is 29.1 Å². The minimum atomic E-state index is -0.655. The summed E-state index contributed by atoms with van der Waals surface area (Å²) in [6, 6.07) is 1.16. The molecule has 3 heteroatoms. The van der Waals surface area contributed by atoms with Crippen LogP contribution < -0.4 is 5.32 Å². The van der Waals surface area contributed by atoms with E-state index in [1.807, 2.05) is 0 Å². The lowest BCUT2D eigenvalue weighted by molar-refractivity contribution is 0.375. The van der Waals surface area contributed by atoms with Crippen molar-refractivity contribution in [3.8, 4) is 0 Å². The molecule has 0 saturated heterocycles. The third-order valence-electron chi connectivity index (χ3n) is 3.67. The zero-order valence-corrected chi connectivity index (χ0v) is 14.4. The van der Waals surface area contributed by atoms with E-state index in [4.69, 9.17) is 0 Å². The van der Waals surface area contributed by atoms with Crippen LogP contribution in [-0.4, -0.2) is 28.3 Å². The van der Waals surface area contributed by atoms with Gasteiger partial charge in [-0.2, -0.15) is 0 Å². The van der Waals surface area contributed by atoms with Gasteiger partial charge in [0.1, 0.15) is 0 Å². The third kappa shape index (κ3) is 12.9. The summed E-state index contributed by atoms with van der Waals surface area (Å²) in [5.41, 5.74) is 0. The summed E-state index contributed by atoms with van der Waals surface area (Å²) in [5.74, 6) is 0.824. The molecule has 0 amide bonds. The Labute approximate surface area is 123 Å². The van der Waals surface area contributed by atoms with Crippen LogP contribution in [0.1, 0.15) is 78.6 Å². The van der Waals surface area contributed by atoms with Crippen LogP contribution in [0.5, 0.6) is 0 Å². The molecule has 0 aliphatic rings. The molecule has 0 heterocycles. The van der Waals surface area contributed by atoms with Crippen LogP contribution in [0.4, 0.5) is 0 Å². The summed E-state index contributed by atoms with van der Waals surface area (Å²) < 4.78 is 11.1. The zero-order chi connectivity index (χ0) is 14.5. The fourth-order valence-electron chi connectivity index (χ4n) is 2.42. The van der Waals surface area contributed by atoms with Gasteiger partial charge in [-0.25, -0.2) is 0 Å². The molecule has 0 spiro atoms. The highest BCUT2D eigenvalue weighted by molar-refractivity contribution is 7.84. The molecule has 0 aromatic carbocycles. The molecule has 2 unspecified atom stereocenters. The summed E-state index contributed by atoms with van der Waals surface area (Å²) in [4.78, 5) is 0. The van der Waals surface area contributed by atoms with Crippen molar-refractivity contribution in [2.45, 2.75) is 90.6 Å². The highest BCUT2D eigenvalue weighted by atomic mass is 32.2. The fourth-order valence-corrected chi connectivity index (χ4v) is 3.11. The molecule has 0 aliphatic heterocycles. The molecule has 1 N–H and O–H groups in total. The Kier molecular flexibility index (Phi) is 13.2. The van der Waals surface area contributed by atoms with Crippen LogP contribution in [0.2, 0.25) is 0 Å². The second-order valence-corrected chi connectivity index (χ2v) is 7.38. The van der Waals surface area contributed by atoms with Crippen molar-refractivity contribution >= 4 is 10.8 Å². The Morgan fingerprint density at radius 2 is 1.47 bits per heavy atom. The van der Waals surface area contributed by atoms with Crippen LogP contribution >= 0.6 is 0 Å². The predicted molar refractivity (Wildman–Crippen MR) is 88.2 cm³/mol. The van der Waals surface area contributed by atoms with Gasteiger partial charge in [-0.1, -0.05) is 52.4 Å². The van der Waals surface area contributed by atoms with Crippen molar-refractivity contribution in [2.24, 2.45) is 0 Å². The number of hydrogen-bond donors (Lipinski definition) is 1. The summed E-state index contributed by atoms with van der Waals surface area (Å²) in [5, 5.41) is 3.76. The highest BCUT2D eigenvalue weighted by Crippen LogP contribution is 2.12. The molecule has 0 rings (SSSR count). The van der Waals surface area contributed by atoms with Gasteiger partial charge in [0.05, 0.1) is 0 Å². The normalized spacial score (nSPS) is 14.8. The van der Waals surface area contributed by atoms with Crippen molar-refractivity contribution in [3.05, 3.63) is 0 Å². The van der Waals surface area contributed by atoms with Gasteiger partial charge < -0.3 is 5.32 Å². The first-order valence-electron chi connectivity index (χ1n) is 8.16. The van der Waals surface area contributed by atoms with Gasteiger partial charge in [0.2, 0.25) is 0 Å². The number of rotatable bonds is 13. The molecule has 0 saturated carbocycles. The maximum Gasteiger partial charge on any atom is 0.0246 e. The molecule has 0 aromatic rings. The van der Waals surface area contributed by atoms with Crippen LogP contribution in [-0.2, 0) is 10.8 Å². The lowest BCUT2D eigenvalue weighted by Crippen LogP contribution is -2.37. The van der Waals surface area contributed by atoms with Crippen LogP contribution in [0.15, 0.2) is 0 Å². The molecular weight excluding hydrogens is 254 g/mol. The summed E-state index contributed by atoms with van der Waals surface area (Å²) in [6.45, 7) is 6.76. The van der Waals surface area contributed by atoms with Crippen molar-refractivity contribution in [2.75, 3.05) is 12.0 Å². The van der Waals surface area contributed by atoms with E-state index in [0.29, 0.717) is 12.1 Å². The van der Waals surface area contributed by atoms with Crippen molar-refractivity contribution in [1.29, 1.82) is 0 Å². The largest absolute Gasteiger partial charge is 0.311 e. The Hall–Kier alpha value is 0.110. The molecular formula is C16H35NOS. The SMILES string of the molecule is CCCCCC(CCCCC)NC(C)CCS(C)=O. The first kappa shape index (κ1) is 19.1. The fraction of sp³-hybridized carbons (Fsp3) is 1.00. The smallest absolute Gasteiger partial charge is 0.0246 e. The van der Waals surface area contributed by atoms with Gasteiger partial charge >= 0.3 is 0 Å². The summed E-state index contributed by atoms with van der Waals surface area (Å²) >= 11 is 0. The molecule has 116 valence electrons. The number of unbranched alkanes of at least 4 members (excludes halogenated alkanes) is 4. The van der Waals surface area contributed by atoms with Gasteiger partial charge in [-0.15, -0.1) is 0 Å². The van der Waals surface area contributed by atoms with Crippen molar-refractivity contribution < 1.29 is 4.21 Å². The standard InChI is InChI=1S/C16H35NOS/c1-5-7-9-11-16(12-10-8-6-2)17-15(3)13-14-19(4)18/h15-17H,5-14H2,1-4H3. The molecule has 0 aromatic heterocycles. The van der Waals surface area contributed by atoms with E-state index in [1.54, 1.807) is 6.26 Å². The molecule has 0 aliphatic carbocycles. The Morgan fingerprint density at radius 1 is 0.947 bits per heavy atom. The highest BCUT2D eigenvalue weighted by Gasteiger charge is 2.12. The Bertz CT molecular complexity index is 211. The van der Waals surface area contributed by atoms with Gasteiger partial charge in [-0.05, 0) is 26.2 Å². The third-order valence-corrected chi connectivity index (χ3v) is 4.48. The van der Waals surface area contributed by atoms with Crippen LogP contribution in [0.3, 0.4) is 0 Å². The maximum atomic E-state index is 11.1. The van der Waals surface area contributed by atoms with E-state index in [1.165, 1.54) is 51.4 Å². The minimum absolute atomic E-state index is 0.497. The molecule has 0 fully saturated rings. The molecule has 19 heavy (non-hydrogen) atoms. The van der Waals surface area contributed by atoms with Gasteiger partial charge in [0.15, 0.2) is 0 Å². The quantitative estimate of drug-likeness (QED) is 0.513. The maximum absolute atomic E-state index is 11.1. The Morgan fingerprint density at radius 3 is 1.89 bits per heavy atom. The molecule has 0 radical (unpaired) electrons. The average molecular weight is 290 g/mol. The summed E-state index contributed by atoms with van der Waals surface area (Å²) in [6.07, 6.45) is 13.4. The first-order chi connectivity index (χ1) is 9.10. The van der Waals surface area contributed by atoms with E-state index in [9.17, 15) is 4.21 Å². The van der Waals surface area contributed by atoms with E-state index >= 15 is 0 Å². The molecule has 0 bridgehead atoms. The first-order valence-corrected chi connectivity index (χ1v) is 9.88. The lowest BCUT2D eigenvalue weighted by Gasteiger charge is -2.23. The van der Waals surface area contributed by atoms with Crippen LogP contribution in [0.25, 0.3) is 0 Å². The van der Waals surface area contributed by atoms with E-state index in [-0.39, 0.29) is 0 Å².